The van der Waals surface area contributed by atoms with Crippen molar-refractivity contribution in [2.45, 2.75) is 62.2 Å². The van der Waals surface area contributed by atoms with Crippen molar-refractivity contribution < 1.29 is 9.59 Å². The van der Waals surface area contributed by atoms with Gasteiger partial charge in [-0.1, -0.05) is 47.6 Å². The second-order valence-corrected chi connectivity index (χ2v) is 14.4. The molecule has 8 nitrogen and oxygen atoms in total. The monoisotopic (exact) mass is 608 g/mol. The number of hydrogen-bond donors (Lipinski definition) is 6. The first-order valence-electron chi connectivity index (χ1n) is 13.9. The van der Waals surface area contributed by atoms with Gasteiger partial charge in [-0.05, 0) is 64.4 Å². The Bertz CT molecular complexity index is 1340. The van der Waals surface area contributed by atoms with E-state index in [4.69, 9.17) is 22.9 Å². The van der Waals surface area contributed by atoms with Crippen molar-refractivity contribution in [2.24, 2.45) is 11.5 Å². The van der Waals surface area contributed by atoms with Gasteiger partial charge in [0.25, 0.3) is 11.8 Å². The molecule has 10 heteroatoms. The lowest BCUT2D eigenvalue weighted by Gasteiger charge is -2.23. The van der Waals surface area contributed by atoms with Gasteiger partial charge >= 0.3 is 0 Å². The third-order valence-corrected chi connectivity index (χ3v) is 8.95. The van der Waals surface area contributed by atoms with Crippen molar-refractivity contribution in [3.8, 4) is 0 Å². The number of benzene rings is 3. The molecule has 0 aromatic heterocycles. The van der Waals surface area contributed by atoms with Crippen molar-refractivity contribution in [3.63, 3.8) is 0 Å². The molecule has 0 radical (unpaired) electrons. The van der Waals surface area contributed by atoms with Crippen molar-refractivity contribution in [1.29, 1.82) is 0 Å². The maximum absolute atomic E-state index is 13.5. The SMILES string of the molecule is CC(C)(C)c1cc(N)c(SCCN)c(NC(=O)c2cccc(C(=O)Nc3cc(C(C)(C)C)cc(N)c3SCCN)c2)c1. The molecular weight excluding hydrogens is 565 g/mol. The van der Waals surface area contributed by atoms with Gasteiger partial charge in [-0.3, -0.25) is 9.59 Å². The minimum absolute atomic E-state index is 0.169. The molecule has 226 valence electrons. The van der Waals surface area contributed by atoms with Crippen molar-refractivity contribution in [1.82, 2.24) is 0 Å². The van der Waals surface area contributed by atoms with Gasteiger partial charge in [0.05, 0.1) is 21.2 Å². The third kappa shape index (κ3) is 8.44. The Morgan fingerprint density at radius 1 is 0.667 bits per heavy atom. The zero-order chi connectivity index (χ0) is 31.2. The molecular formula is C32H44N6O2S2. The van der Waals surface area contributed by atoms with E-state index in [1.54, 1.807) is 24.3 Å². The summed E-state index contributed by atoms with van der Waals surface area (Å²) in [6.45, 7) is 13.5. The van der Waals surface area contributed by atoms with Gasteiger partial charge in [0, 0.05) is 47.1 Å². The van der Waals surface area contributed by atoms with Gasteiger partial charge in [0.2, 0.25) is 0 Å². The van der Waals surface area contributed by atoms with Crippen LogP contribution in [-0.2, 0) is 10.8 Å². The number of thioether (sulfide) groups is 2. The minimum atomic E-state index is -0.345. The van der Waals surface area contributed by atoms with E-state index < -0.39 is 0 Å². The van der Waals surface area contributed by atoms with Crippen LogP contribution in [0.25, 0.3) is 0 Å². The smallest absolute Gasteiger partial charge is 0.255 e. The number of carbonyl (C=O) groups excluding carboxylic acids is 2. The highest BCUT2D eigenvalue weighted by Gasteiger charge is 2.22. The molecule has 3 aromatic rings. The number of hydrogen-bond acceptors (Lipinski definition) is 8. The molecule has 0 saturated heterocycles. The average molecular weight is 609 g/mol. The van der Waals surface area contributed by atoms with Gasteiger partial charge in [-0.15, -0.1) is 23.5 Å². The molecule has 0 aliphatic rings. The lowest BCUT2D eigenvalue weighted by Crippen LogP contribution is -2.19. The molecule has 0 heterocycles. The molecule has 0 fully saturated rings. The fourth-order valence-electron chi connectivity index (χ4n) is 4.19. The first kappa shape index (κ1) is 33.3. The van der Waals surface area contributed by atoms with Gasteiger partial charge in [-0.2, -0.15) is 0 Å². The summed E-state index contributed by atoms with van der Waals surface area (Å²) in [6, 6.07) is 14.4. The molecule has 0 bridgehead atoms. The fourth-order valence-corrected chi connectivity index (χ4v) is 5.82. The van der Waals surface area contributed by atoms with Crippen molar-refractivity contribution in [2.75, 3.05) is 46.7 Å². The largest absolute Gasteiger partial charge is 0.398 e. The highest BCUT2D eigenvalue weighted by Crippen LogP contribution is 2.39. The molecule has 3 rings (SSSR count). The standard InChI is InChI=1S/C32H44N6O2S2/c1-31(2,3)21-15-23(35)27(41-12-10-33)25(17-21)37-29(39)19-8-7-9-20(14-19)30(40)38-26-18-22(32(4,5)6)16-24(36)28(26)42-13-11-34/h7-9,14-18H,10-13,33-36H2,1-6H3,(H,37,39)(H,38,40). The lowest BCUT2D eigenvalue weighted by molar-refractivity contribution is 0.102. The summed E-state index contributed by atoms with van der Waals surface area (Å²) >= 11 is 3.00. The van der Waals surface area contributed by atoms with Crippen LogP contribution in [0.1, 0.15) is 73.4 Å². The normalized spacial score (nSPS) is 11.8. The number of amides is 2. The van der Waals surface area contributed by atoms with Crippen LogP contribution in [-0.4, -0.2) is 36.4 Å². The van der Waals surface area contributed by atoms with Gasteiger partial charge < -0.3 is 33.6 Å². The molecule has 42 heavy (non-hydrogen) atoms. The van der Waals surface area contributed by atoms with E-state index in [0.717, 1.165) is 20.9 Å². The summed E-state index contributed by atoms with van der Waals surface area (Å²) in [5.74, 6) is 0.625. The van der Waals surface area contributed by atoms with Crippen LogP contribution in [0.3, 0.4) is 0 Å². The van der Waals surface area contributed by atoms with E-state index >= 15 is 0 Å². The van der Waals surface area contributed by atoms with Crippen molar-refractivity contribution >= 4 is 58.1 Å². The van der Waals surface area contributed by atoms with Gasteiger partial charge in [0.1, 0.15) is 0 Å². The summed E-state index contributed by atoms with van der Waals surface area (Å²) in [5.41, 5.74) is 29.1. The topological polar surface area (TPSA) is 162 Å². The average Bonchev–Trinajstić information content (AvgIpc) is 2.91. The van der Waals surface area contributed by atoms with E-state index in [0.29, 0.717) is 58.5 Å². The molecule has 0 aliphatic heterocycles. The van der Waals surface area contributed by atoms with E-state index in [9.17, 15) is 9.59 Å². The number of carbonyl (C=O) groups is 2. The third-order valence-electron chi connectivity index (χ3n) is 6.58. The van der Waals surface area contributed by atoms with E-state index in [-0.39, 0.29) is 22.6 Å². The van der Waals surface area contributed by atoms with E-state index in [1.807, 2.05) is 24.3 Å². The molecule has 0 spiro atoms. The number of nitrogens with one attached hydrogen (secondary N) is 2. The fraction of sp³-hybridized carbons (Fsp3) is 0.375. The molecule has 2 amide bonds. The molecule has 0 atom stereocenters. The Balaban J connectivity index is 1.93. The maximum Gasteiger partial charge on any atom is 0.255 e. The number of nitrogen functional groups attached to an aromatic ring is 2. The van der Waals surface area contributed by atoms with Crippen LogP contribution in [0, 0.1) is 0 Å². The maximum atomic E-state index is 13.5. The first-order valence-corrected chi connectivity index (χ1v) is 15.9. The molecule has 0 aliphatic carbocycles. The molecule has 0 saturated carbocycles. The Kier molecular flexibility index (Phi) is 11.0. The van der Waals surface area contributed by atoms with Crippen LogP contribution in [0.15, 0.2) is 58.3 Å². The zero-order valence-corrected chi connectivity index (χ0v) is 27.0. The van der Waals surface area contributed by atoms with Crippen molar-refractivity contribution in [3.05, 3.63) is 70.8 Å². The summed E-state index contributed by atoms with van der Waals surface area (Å²) in [5, 5.41) is 6.05. The number of nitrogens with two attached hydrogens (primary N) is 4. The van der Waals surface area contributed by atoms with Crippen LogP contribution in [0.5, 0.6) is 0 Å². The van der Waals surface area contributed by atoms with Crippen LogP contribution >= 0.6 is 23.5 Å². The number of rotatable bonds is 10. The molecule has 3 aromatic carbocycles. The summed E-state index contributed by atoms with van der Waals surface area (Å²) in [7, 11) is 0. The summed E-state index contributed by atoms with van der Waals surface area (Å²) in [4.78, 5) is 28.5. The van der Waals surface area contributed by atoms with Crippen LogP contribution in [0.4, 0.5) is 22.7 Å². The van der Waals surface area contributed by atoms with Crippen LogP contribution in [0.2, 0.25) is 0 Å². The highest BCUT2D eigenvalue weighted by atomic mass is 32.2. The van der Waals surface area contributed by atoms with Gasteiger partial charge in [-0.25, -0.2) is 0 Å². The van der Waals surface area contributed by atoms with E-state index in [1.165, 1.54) is 23.5 Å². The minimum Gasteiger partial charge on any atom is -0.398 e. The Hall–Kier alpha value is -3.18. The second kappa shape index (κ2) is 13.9. The lowest BCUT2D eigenvalue weighted by atomic mass is 9.86. The predicted octanol–water partition coefficient (Wildman–Crippen LogP) is 6.05. The second-order valence-electron chi connectivity index (χ2n) is 12.1. The number of anilines is 4. The quantitative estimate of drug-likeness (QED) is 0.120. The molecule has 10 N–H and O–H groups in total. The predicted molar refractivity (Wildman–Crippen MR) is 181 cm³/mol. The zero-order valence-electron chi connectivity index (χ0n) is 25.4. The first-order chi connectivity index (χ1) is 19.6. The highest BCUT2D eigenvalue weighted by molar-refractivity contribution is 7.99. The van der Waals surface area contributed by atoms with Crippen LogP contribution < -0.4 is 33.6 Å². The Labute approximate surface area is 258 Å². The summed E-state index contributed by atoms with van der Waals surface area (Å²) < 4.78 is 0. The van der Waals surface area contributed by atoms with E-state index in [2.05, 4.69) is 52.2 Å². The Morgan fingerprint density at radius 2 is 1.05 bits per heavy atom. The van der Waals surface area contributed by atoms with Gasteiger partial charge in [0.15, 0.2) is 0 Å². The Morgan fingerprint density at radius 3 is 1.38 bits per heavy atom. The molecule has 0 unspecified atom stereocenters. The summed E-state index contributed by atoms with van der Waals surface area (Å²) in [6.07, 6.45) is 0.